The van der Waals surface area contributed by atoms with Gasteiger partial charge in [-0.3, -0.25) is 13.9 Å². The van der Waals surface area contributed by atoms with Gasteiger partial charge in [0, 0.05) is 28.7 Å². The zero-order valence-electron chi connectivity index (χ0n) is 24.6. The van der Waals surface area contributed by atoms with E-state index in [1.54, 1.807) is 19.1 Å². The molecular formula is C31H34Cl2FN3O6S. The van der Waals surface area contributed by atoms with Crippen molar-refractivity contribution in [2.75, 3.05) is 24.1 Å². The minimum absolute atomic E-state index is 0.0521. The van der Waals surface area contributed by atoms with Crippen molar-refractivity contribution in [3.05, 3.63) is 82.1 Å². The molecule has 3 aromatic carbocycles. The van der Waals surface area contributed by atoms with Gasteiger partial charge < -0.3 is 19.7 Å². The van der Waals surface area contributed by atoms with Gasteiger partial charge in [-0.1, -0.05) is 43.1 Å². The van der Waals surface area contributed by atoms with Crippen LogP contribution in [-0.2, 0) is 26.2 Å². The minimum Gasteiger partial charge on any atom is -0.486 e. The predicted octanol–water partition coefficient (Wildman–Crippen LogP) is 5.82. The number of sulfonamides is 1. The Morgan fingerprint density at radius 1 is 0.955 bits per heavy atom. The number of benzene rings is 3. The highest BCUT2D eigenvalue weighted by Gasteiger charge is 2.35. The number of hydrogen-bond donors (Lipinski definition) is 1. The normalized spacial score (nSPS) is 14.0. The number of carbonyl (C=O) groups excluding carboxylic acids is 2. The summed E-state index contributed by atoms with van der Waals surface area (Å²) in [6.07, 6.45) is 0.913. The first-order valence-electron chi connectivity index (χ1n) is 14.2. The molecule has 1 aliphatic heterocycles. The van der Waals surface area contributed by atoms with E-state index in [0.717, 1.165) is 16.4 Å². The van der Waals surface area contributed by atoms with E-state index < -0.39 is 34.3 Å². The zero-order valence-corrected chi connectivity index (χ0v) is 26.9. The SMILES string of the molecule is CC[C@H](C)NC(=O)[C@H](CC)N(Cc1ccc(Cl)cc1Cl)C(=O)CN(c1ccc(F)cc1)S(=O)(=O)c1ccc2c(c1)OCCO2. The maximum absolute atomic E-state index is 14.2. The highest BCUT2D eigenvalue weighted by Crippen LogP contribution is 2.34. The van der Waals surface area contributed by atoms with Crippen molar-refractivity contribution < 1.29 is 31.9 Å². The molecule has 9 nitrogen and oxygen atoms in total. The molecule has 2 atom stereocenters. The quantitative estimate of drug-likeness (QED) is 0.261. The molecule has 0 unspecified atom stereocenters. The van der Waals surface area contributed by atoms with Crippen LogP contribution in [0.2, 0.25) is 10.0 Å². The van der Waals surface area contributed by atoms with Crippen molar-refractivity contribution in [1.82, 2.24) is 10.2 Å². The lowest BCUT2D eigenvalue weighted by Gasteiger charge is -2.34. The van der Waals surface area contributed by atoms with E-state index in [9.17, 15) is 22.4 Å². The van der Waals surface area contributed by atoms with Crippen LogP contribution in [-0.4, -0.2) is 57.0 Å². The standard InChI is InChI=1S/C31H34Cl2FN3O6S/c1-4-20(3)35-31(39)27(5-2)36(18-21-6-7-22(32)16-26(21)33)30(38)19-37(24-10-8-23(34)9-11-24)44(40,41)25-12-13-28-29(17-25)43-15-14-42-28/h6-13,16-17,20,27H,4-5,14-15,18-19H2,1-3H3,(H,35,39)/t20-,27-/m0/s1. The molecular weight excluding hydrogens is 632 g/mol. The van der Waals surface area contributed by atoms with Gasteiger partial charge in [-0.05, 0) is 73.9 Å². The third kappa shape index (κ3) is 7.75. The number of nitrogens with one attached hydrogen (secondary N) is 1. The van der Waals surface area contributed by atoms with Gasteiger partial charge in [0.1, 0.15) is 31.6 Å². The van der Waals surface area contributed by atoms with Crippen molar-refractivity contribution in [3.63, 3.8) is 0 Å². The molecule has 0 bridgehead atoms. The Morgan fingerprint density at radius 3 is 2.27 bits per heavy atom. The van der Waals surface area contributed by atoms with Gasteiger partial charge in [0.15, 0.2) is 11.5 Å². The Hall–Kier alpha value is -3.54. The van der Waals surface area contributed by atoms with E-state index in [2.05, 4.69) is 5.32 Å². The second-order valence-electron chi connectivity index (χ2n) is 10.3. The molecule has 1 aliphatic rings. The second kappa shape index (κ2) is 14.5. The third-order valence-corrected chi connectivity index (χ3v) is 9.59. The molecule has 0 saturated heterocycles. The summed E-state index contributed by atoms with van der Waals surface area (Å²) in [5.41, 5.74) is 0.568. The number of amides is 2. The van der Waals surface area contributed by atoms with Gasteiger partial charge in [-0.2, -0.15) is 0 Å². The Labute approximate surface area is 266 Å². The number of halogens is 3. The number of hydrogen-bond acceptors (Lipinski definition) is 6. The largest absolute Gasteiger partial charge is 0.486 e. The van der Waals surface area contributed by atoms with Gasteiger partial charge in [0.05, 0.1) is 10.6 Å². The molecule has 13 heteroatoms. The number of ether oxygens (including phenoxy) is 2. The van der Waals surface area contributed by atoms with Crippen molar-refractivity contribution >= 4 is 50.7 Å². The topological polar surface area (TPSA) is 105 Å². The minimum atomic E-state index is -4.41. The van der Waals surface area contributed by atoms with Crippen LogP contribution in [0, 0.1) is 5.82 Å². The summed E-state index contributed by atoms with van der Waals surface area (Å²) in [5, 5.41) is 3.59. The molecule has 1 N–H and O–H groups in total. The molecule has 0 fully saturated rings. The number of nitrogens with zero attached hydrogens (tertiary/aromatic N) is 2. The molecule has 4 rings (SSSR count). The van der Waals surface area contributed by atoms with Gasteiger partial charge in [0.25, 0.3) is 10.0 Å². The smallest absolute Gasteiger partial charge is 0.264 e. The molecule has 3 aromatic rings. The molecule has 44 heavy (non-hydrogen) atoms. The predicted molar refractivity (Wildman–Crippen MR) is 167 cm³/mol. The summed E-state index contributed by atoms with van der Waals surface area (Å²) in [6, 6.07) is 12.6. The van der Waals surface area contributed by atoms with Crippen LogP contribution in [0.15, 0.2) is 65.6 Å². The van der Waals surface area contributed by atoms with E-state index in [4.69, 9.17) is 32.7 Å². The van der Waals surface area contributed by atoms with Crippen LogP contribution in [0.1, 0.15) is 39.2 Å². The zero-order chi connectivity index (χ0) is 32.0. The van der Waals surface area contributed by atoms with Gasteiger partial charge in [-0.15, -0.1) is 0 Å². The number of anilines is 1. The highest BCUT2D eigenvalue weighted by atomic mass is 35.5. The summed E-state index contributed by atoms with van der Waals surface area (Å²) in [6.45, 7) is 5.31. The van der Waals surface area contributed by atoms with Crippen LogP contribution in [0.25, 0.3) is 0 Å². The van der Waals surface area contributed by atoms with E-state index in [-0.39, 0.29) is 52.9 Å². The Kier molecular flexibility index (Phi) is 11.0. The lowest BCUT2D eigenvalue weighted by Crippen LogP contribution is -2.53. The Morgan fingerprint density at radius 2 is 1.64 bits per heavy atom. The van der Waals surface area contributed by atoms with Gasteiger partial charge >= 0.3 is 0 Å². The molecule has 0 aliphatic carbocycles. The summed E-state index contributed by atoms with van der Waals surface area (Å²) in [7, 11) is -4.41. The van der Waals surface area contributed by atoms with Crippen LogP contribution < -0.4 is 19.1 Å². The second-order valence-corrected chi connectivity index (χ2v) is 13.0. The fourth-order valence-electron chi connectivity index (χ4n) is 4.64. The third-order valence-electron chi connectivity index (χ3n) is 7.24. The van der Waals surface area contributed by atoms with Crippen molar-refractivity contribution in [3.8, 4) is 11.5 Å². The molecule has 0 aromatic heterocycles. The lowest BCUT2D eigenvalue weighted by molar-refractivity contribution is -0.140. The molecule has 0 spiro atoms. The highest BCUT2D eigenvalue weighted by molar-refractivity contribution is 7.92. The number of carbonyl (C=O) groups is 2. The van der Waals surface area contributed by atoms with Crippen LogP contribution >= 0.6 is 23.2 Å². The average Bonchev–Trinajstić information content (AvgIpc) is 3.00. The van der Waals surface area contributed by atoms with E-state index in [1.165, 1.54) is 41.3 Å². The maximum Gasteiger partial charge on any atom is 0.264 e. The first-order chi connectivity index (χ1) is 20.9. The fraction of sp³-hybridized carbons (Fsp3) is 0.355. The summed E-state index contributed by atoms with van der Waals surface area (Å²) >= 11 is 12.5. The van der Waals surface area contributed by atoms with Crippen LogP contribution in [0.3, 0.4) is 0 Å². The molecule has 0 radical (unpaired) electrons. The van der Waals surface area contributed by atoms with Crippen molar-refractivity contribution in [1.29, 1.82) is 0 Å². The van der Waals surface area contributed by atoms with Gasteiger partial charge in [-0.25, -0.2) is 12.8 Å². The molecule has 2 amide bonds. The Bertz CT molecular complexity index is 1610. The molecule has 236 valence electrons. The van der Waals surface area contributed by atoms with Gasteiger partial charge in [0.2, 0.25) is 11.8 Å². The van der Waals surface area contributed by atoms with E-state index in [0.29, 0.717) is 29.4 Å². The van der Waals surface area contributed by atoms with Crippen LogP contribution in [0.4, 0.5) is 10.1 Å². The first-order valence-corrected chi connectivity index (χ1v) is 16.4. The van der Waals surface area contributed by atoms with Crippen LogP contribution in [0.5, 0.6) is 11.5 Å². The average molecular weight is 667 g/mol. The maximum atomic E-state index is 14.2. The monoisotopic (exact) mass is 665 g/mol. The summed E-state index contributed by atoms with van der Waals surface area (Å²) < 4.78 is 54.1. The van der Waals surface area contributed by atoms with E-state index in [1.807, 2.05) is 13.8 Å². The fourth-order valence-corrected chi connectivity index (χ4v) is 6.54. The van der Waals surface area contributed by atoms with Crippen molar-refractivity contribution in [2.45, 2.75) is 57.1 Å². The number of fused-ring (bicyclic) bond motifs is 1. The summed E-state index contributed by atoms with van der Waals surface area (Å²) in [5.74, 6) is -1.00. The van der Waals surface area contributed by atoms with Crippen molar-refractivity contribution in [2.24, 2.45) is 0 Å². The van der Waals surface area contributed by atoms with E-state index >= 15 is 0 Å². The summed E-state index contributed by atoms with van der Waals surface area (Å²) in [4.78, 5) is 28.8. The molecule has 1 heterocycles. The number of rotatable bonds is 12. The molecule has 0 saturated carbocycles. The first kappa shape index (κ1) is 33.4. The lowest BCUT2D eigenvalue weighted by atomic mass is 10.1. The Balaban J connectivity index is 1.76.